The molecule has 0 spiro atoms. The molecule has 0 radical (unpaired) electrons. The first-order valence-corrected chi connectivity index (χ1v) is 11.2. The highest BCUT2D eigenvalue weighted by molar-refractivity contribution is 5.79. The van der Waals surface area contributed by atoms with Gasteiger partial charge in [-0.1, -0.05) is 55.5 Å². The van der Waals surface area contributed by atoms with Crippen LogP contribution in [0.2, 0.25) is 0 Å². The molecule has 0 bridgehead atoms. The van der Waals surface area contributed by atoms with Gasteiger partial charge in [-0.2, -0.15) is 5.26 Å². The minimum absolute atomic E-state index is 0.136. The first-order valence-electron chi connectivity index (χ1n) is 11.2. The van der Waals surface area contributed by atoms with E-state index in [1.165, 1.54) is 5.56 Å². The fraction of sp³-hybridized carbons (Fsp3) is 0.296. The van der Waals surface area contributed by atoms with Crippen LogP contribution in [0.5, 0.6) is 0 Å². The lowest BCUT2D eigenvalue weighted by atomic mass is 9.94. The Morgan fingerprint density at radius 2 is 1.81 bits per heavy atom. The zero-order valence-electron chi connectivity index (χ0n) is 18.6. The third-order valence-electron chi connectivity index (χ3n) is 6.15. The zero-order valence-corrected chi connectivity index (χ0v) is 18.6. The number of hydrogen-bond acceptors (Lipinski definition) is 4. The standard InChI is InChI=1S/C27H28N4O/c1-3-19-9-15-23(16-10-19)25-24(22-13-11-20(17-28)12-14-22)30-26(27(32)31(25)2)29-18-21-7-5-4-6-8-21/h4-5,9-16,21H,3,6-8,18H2,1-2H3,(H,29,30)/t21-/m1/s1. The van der Waals surface area contributed by atoms with E-state index in [2.05, 4.69) is 42.6 Å². The normalized spacial score (nSPS) is 15.3. The van der Waals surface area contributed by atoms with Gasteiger partial charge in [0.25, 0.3) is 5.56 Å². The van der Waals surface area contributed by atoms with E-state index in [9.17, 15) is 10.1 Å². The molecule has 1 aliphatic carbocycles. The van der Waals surface area contributed by atoms with Crippen molar-refractivity contribution in [2.24, 2.45) is 13.0 Å². The lowest BCUT2D eigenvalue weighted by Crippen LogP contribution is -2.27. The zero-order chi connectivity index (χ0) is 22.5. The van der Waals surface area contributed by atoms with Gasteiger partial charge < -0.3 is 9.88 Å². The molecular formula is C27H28N4O. The molecule has 5 heteroatoms. The van der Waals surface area contributed by atoms with Crippen LogP contribution in [0.15, 0.2) is 65.5 Å². The van der Waals surface area contributed by atoms with Crippen molar-refractivity contribution in [1.82, 2.24) is 9.55 Å². The molecule has 162 valence electrons. The molecule has 1 aromatic heterocycles. The number of hydrogen-bond donors (Lipinski definition) is 1. The molecule has 1 N–H and O–H groups in total. The van der Waals surface area contributed by atoms with Crippen LogP contribution in [0.3, 0.4) is 0 Å². The molecule has 3 aromatic rings. The van der Waals surface area contributed by atoms with Crippen LogP contribution in [0.4, 0.5) is 5.82 Å². The molecule has 0 saturated carbocycles. The van der Waals surface area contributed by atoms with Crippen LogP contribution in [-0.2, 0) is 13.5 Å². The van der Waals surface area contributed by atoms with Crippen LogP contribution in [0, 0.1) is 17.2 Å². The fourth-order valence-corrected chi connectivity index (χ4v) is 4.16. The van der Waals surface area contributed by atoms with Crippen LogP contribution >= 0.6 is 0 Å². The van der Waals surface area contributed by atoms with Crippen molar-refractivity contribution >= 4 is 5.82 Å². The van der Waals surface area contributed by atoms with Crippen molar-refractivity contribution in [3.05, 3.63) is 82.2 Å². The monoisotopic (exact) mass is 424 g/mol. The molecule has 32 heavy (non-hydrogen) atoms. The Balaban J connectivity index is 1.79. The Labute approximate surface area is 189 Å². The van der Waals surface area contributed by atoms with Gasteiger partial charge in [0.1, 0.15) is 0 Å². The summed E-state index contributed by atoms with van der Waals surface area (Å²) in [5.74, 6) is 0.876. The number of nitriles is 1. The van der Waals surface area contributed by atoms with E-state index >= 15 is 0 Å². The number of benzene rings is 2. The van der Waals surface area contributed by atoms with E-state index in [0.717, 1.165) is 54.7 Å². The summed E-state index contributed by atoms with van der Waals surface area (Å²) in [6.07, 6.45) is 8.62. The summed E-state index contributed by atoms with van der Waals surface area (Å²) in [5, 5.41) is 12.5. The van der Waals surface area contributed by atoms with Gasteiger partial charge in [0, 0.05) is 24.7 Å². The summed E-state index contributed by atoms with van der Waals surface area (Å²) < 4.78 is 1.69. The molecule has 2 aromatic carbocycles. The quantitative estimate of drug-likeness (QED) is 0.544. The van der Waals surface area contributed by atoms with Crippen LogP contribution in [0.1, 0.15) is 37.3 Å². The van der Waals surface area contributed by atoms with Crippen LogP contribution < -0.4 is 10.9 Å². The molecule has 0 fully saturated rings. The van der Waals surface area contributed by atoms with E-state index in [0.29, 0.717) is 17.3 Å². The topological polar surface area (TPSA) is 70.7 Å². The Hall–Kier alpha value is -3.65. The Bertz CT molecular complexity index is 1210. The SMILES string of the molecule is CCc1ccc(-c2c(-c3ccc(C#N)cc3)nc(NC[C@@H]3CC=CCC3)c(=O)n2C)cc1. The second-order valence-corrected chi connectivity index (χ2v) is 8.29. The molecule has 1 atom stereocenters. The average molecular weight is 425 g/mol. The first kappa shape index (κ1) is 21.6. The predicted molar refractivity (Wildman–Crippen MR) is 129 cm³/mol. The molecule has 0 unspecified atom stereocenters. The largest absolute Gasteiger partial charge is 0.365 e. The molecule has 5 nitrogen and oxygen atoms in total. The first-order chi connectivity index (χ1) is 15.6. The summed E-state index contributed by atoms with van der Waals surface area (Å²) in [6.45, 7) is 2.85. The highest BCUT2D eigenvalue weighted by Gasteiger charge is 2.19. The third-order valence-corrected chi connectivity index (χ3v) is 6.15. The van der Waals surface area contributed by atoms with Crippen molar-refractivity contribution < 1.29 is 0 Å². The second kappa shape index (κ2) is 9.65. The van der Waals surface area contributed by atoms with Gasteiger partial charge in [-0.3, -0.25) is 4.79 Å². The minimum atomic E-state index is -0.136. The lowest BCUT2D eigenvalue weighted by molar-refractivity contribution is 0.503. The van der Waals surface area contributed by atoms with Gasteiger partial charge in [0.15, 0.2) is 5.82 Å². The van der Waals surface area contributed by atoms with Crippen molar-refractivity contribution in [2.45, 2.75) is 32.6 Å². The van der Waals surface area contributed by atoms with E-state index in [1.807, 2.05) is 24.3 Å². The maximum absolute atomic E-state index is 13.2. The molecule has 4 rings (SSSR count). The van der Waals surface area contributed by atoms with Gasteiger partial charge >= 0.3 is 0 Å². The number of rotatable bonds is 6. The molecule has 0 aliphatic heterocycles. The number of anilines is 1. The maximum Gasteiger partial charge on any atom is 0.293 e. The molecular weight excluding hydrogens is 396 g/mol. The number of nitrogens with zero attached hydrogens (tertiary/aromatic N) is 3. The van der Waals surface area contributed by atoms with E-state index < -0.39 is 0 Å². The lowest BCUT2D eigenvalue weighted by Gasteiger charge is -2.20. The summed E-state index contributed by atoms with van der Waals surface area (Å²) in [7, 11) is 1.80. The van der Waals surface area contributed by atoms with Crippen molar-refractivity contribution in [1.29, 1.82) is 5.26 Å². The van der Waals surface area contributed by atoms with Crippen molar-refractivity contribution in [3.63, 3.8) is 0 Å². The number of aryl methyl sites for hydroxylation is 1. The number of aromatic nitrogens is 2. The van der Waals surface area contributed by atoms with Crippen molar-refractivity contribution in [2.75, 3.05) is 11.9 Å². The smallest absolute Gasteiger partial charge is 0.293 e. The third kappa shape index (κ3) is 4.50. The average Bonchev–Trinajstić information content (AvgIpc) is 2.85. The van der Waals surface area contributed by atoms with E-state index in [-0.39, 0.29) is 5.56 Å². The Kier molecular flexibility index (Phi) is 6.51. The molecule has 1 heterocycles. The summed E-state index contributed by atoms with van der Waals surface area (Å²) in [4.78, 5) is 18.0. The Morgan fingerprint density at radius 3 is 2.44 bits per heavy atom. The van der Waals surface area contributed by atoms with Gasteiger partial charge in [-0.25, -0.2) is 4.98 Å². The Morgan fingerprint density at radius 1 is 1.09 bits per heavy atom. The number of nitrogens with one attached hydrogen (secondary N) is 1. The number of allylic oxidation sites excluding steroid dienone is 2. The predicted octanol–water partition coefficient (Wildman–Crippen LogP) is 5.32. The molecule has 1 aliphatic rings. The summed E-state index contributed by atoms with van der Waals surface area (Å²) in [5.41, 5.74) is 5.02. The summed E-state index contributed by atoms with van der Waals surface area (Å²) in [6, 6.07) is 17.8. The maximum atomic E-state index is 13.2. The highest BCUT2D eigenvalue weighted by Crippen LogP contribution is 2.31. The highest BCUT2D eigenvalue weighted by atomic mass is 16.1. The van der Waals surface area contributed by atoms with Gasteiger partial charge in [0.2, 0.25) is 0 Å². The van der Waals surface area contributed by atoms with Crippen molar-refractivity contribution in [3.8, 4) is 28.6 Å². The van der Waals surface area contributed by atoms with Gasteiger partial charge in [-0.15, -0.1) is 0 Å². The van der Waals surface area contributed by atoms with Crippen LogP contribution in [0.25, 0.3) is 22.5 Å². The molecule has 0 amide bonds. The van der Waals surface area contributed by atoms with E-state index in [4.69, 9.17) is 4.98 Å². The van der Waals surface area contributed by atoms with Crippen LogP contribution in [-0.4, -0.2) is 16.1 Å². The van der Waals surface area contributed by atoms with Gasteiger partial charge in [-0.05, 0) is 49.3 Å². The van der Waals surface area contributed by atoms with E-state index in [1.54, 1.807) is 23.7 Å². The van der Waals surface area contributed by atoms with Gasteiger partial charge in [0.05, 0.1) is 23.0 Å². The second-order valence-electron chi connectivity index (χ2n) is 8.29. The molecule has 0 saturated heterocycles. The fourth-order valence-electron chi connectivity index (χ4n) is 4.16. The minimum Gasteiger partial charge on any atom is -0.365 e. The summed E-state index contributed by atoms with van der Waals surface area (Å²) >= 11 is 0.